The second-order valence-corrected chi connectivity index (χ2v) is 7.08. The zero-order valence-corrected chi connectivity index (χ0v) is 14.5. The standard InChI is InChI=1S/C16H22N6OS/c1-11-5-2-3-7-13(11)19-14(23)10-24-16-21-20-15(22(16)17)12-6-4-8-18-9-12/h4,6,8-9,11,13H,2-3,5,7,10,17H2,1H3,(H,19,23)/t11-,13-/m0/s1. The molecule has 1 aliphatic rings. The molecule has 0 unspecified atom stereocenters. The van der Waals surface area contributed by atoms with Gasteiger partial charge in [0.1, 0.15) is 0 Å². The normalized spacial score (nSPS) is 20.7. The minimum atomic E-state index is 0.0182. The molecule has 3 rings (SSSR count). The molecule has 0 radical (unpaired) electrons. The Hall–Kier alpha value is -2.09. The molecule has 0 aliphatic heterocycles. The highest BCUT2D eigenvalue weighted by Crippen LogP contribution is 2.24. The topological polar surface area (TPSA) is 98.7 Å². The number of thioether (sulfide) groups is 1. The SMILES string of the molecule is C[C@H]1CCCC[C@@H]1NC(=O)CSc1nnc(-c2cccnc2)n1N. The Labute approximate surface area is 145 Å². The van der Waals surface area contributed by atoms with Crippen LogP contribution in [0.3, 0.4) is 0 Å². The summed E-state index contributed by atoms with van der Waals surface area (Å²) in [6, 6.07) is 3.97. The Morgan fingerprint density at radius 3 is 3.00 bits per heavy atom. The summed E-state index contributed by atoms with van der Waals surface area (Å²) in [6.07, 6.45) is 8.06. The first kappa shape index (κ1) is 16.8. The lowest BCUT2D eigenvalue weighted by atomic mass is 9.86. The van der Waals surface area contributed by atoms with E-state index in [-0.39, 0.29) is 17.7 Å². The molecule has 128 valence electrons. The third-order valence-corrected chi connectivity index (χ3v) is 5.32. The molecule has 0 spiro atoms. The van der Waals surface area contributed by atoms with Crippen LogP contribution < -0.4 is 11.2 Å². The molecule has 24 heavy (non-hydrogen) atoms. The second kappa shape index (κ2) is 7.65. The Balaban J connectivity index is 1.57. The predicted octanol–water partition coefficient (Wildman–Crippen LogP) is 1.84. The van der Waals surface area contributed by atoms with Crippen molar-refractivity contribution in [2.75, 3.05) is 11.6 Å². The van der Waals surface area contributed by atoms with Gasteiger partial charge in [-0.2, -0.15) is 0 Å². The number of rotatable bonds is 5. The van der Waals surface area contributed by atoms with Crippen LogP contribution in [-0.2, 0) is 4.79 Å². The summed E-state index contributed by atoms with van der Waals surface area (Å²) >= 11 is 1.29. The van der Waals surface area contributed by atoms with Gasteiger partial charge in [-0.3, -0.25) is 9.78 Å². The zero-order chi connectivity index (χ0) is 16.9. The predicted molar refractivity (Wildman–Crippen MR) is 93.7 cm³/mol. The number of nitrogens with one attached hydrogen (secondary N) is 1. The van der Waals surface area contributed by atoms with Crippen LogP contribution in [0.2, 0.25) is 0 Å². The van der Waals surface area contributed by atoms with Crippen molar-refractivity contribution < 1.29 is 4.79 Å². The molecule has 8 heteroatoms. The molecule has 2 aromatic rings. The number of nitrogen functional groups attached to an aromatic ring is 1. The van der Waals surface area contributed by atoms with Crippen molar-refractivity contribution in [1.82, 2.24) is 25.2 Å². The summed E-state index contributed by atoms with van der Waals surface area (Å²) in [7, 11) is 0. The highest BCUT2D eigenvalue weighted by molar-refractivity contribution is 7.99. The first-order valence-electron chi connectivity index (χ1n) is 8.18. The highest BCUT2D eigenvalue weighted by atomic mass is 32.2. The maximum atomic E-state index is 12.2. The molecule has 1 fully saturated rings. The molecule has 1 saturated carbocycles. The summed E-state index contributed by atoms with van der Waals surface area (Å²) in [6.45, 7) is 2.20. The van der Waals surface area contributed by atoms with Crippen LogP contribution in [0.1, 0.15) is 32.6 Å². The van der Waals surface area contributed by atoms with E-state index in [9.17, 15) is 4.79 Å². The van der Waals surface area contributed by atoms with E-state index in [1.807, 2.05) is 12.1 Å². The van der Waals surface area contributed by atoms with Gasteiger partial charge in [0.2, 0.25) is 11.1 Å². The van der Waals surface area contributed by atoms with Gasteiger partial charge in [-0.05, 0) is 30.9 Å². The fourth-order valence-electron chi connectivity index (χ4n) is 2.98. The van der Waals surface area contributed by atoms with Gasteiger partial charge in [0.15, 0.2) is 5.82 Å². The molecule has 0 aromatic carbocycles. The van der Waals surface area contributed by atoms with Crippen molar-refractivity contribution in [3.05, 3.63) is 24.5 Å². The molecule has 2 atom stereocenters. The average molecular weight is 346 g/mol. The van der Waals surface area contributed by atoms with Gasteiger partial charge < -0.3 is 11.2 Å². The Bertz CT molecular complexity index is 689. The third-order valence-electron chi connectivity index (χ3n) is 4.37. The summed E-state index contributed by atoms with van der Waals surface area (Å²) in [5, 5.41) is 11.8. The summed E-state index contributed by atoms with van der Waals surface area (Å²) in [5.74, 6) is 7.42. The molecule has 0 bridgehead atoms. The smallest absolute Gasteiger partial charge is 0.230 e. The number of pyridine rings is 1. The van der Waals surface area contributed by atoms with E-state index in [1.165, 1.54) is 35.7 Å². The highest BCUT2D eigenvalue weighted by Gasteiger charge is 2.23. The number of hydrogen-bond acceptors (Lipinski definition) is 6. The van der Waals surface area contributed by atoms with Crippen molar-refractivity contribution >= 4 is 17.7 Å². The zero-order valence-electron chi connectivity index (χ0n) is 13.7. The van der Waals surface area contributed by atoms with Gasteiger partial charge in [0.25, 0.3) is 0 Å². The van der Waals surface area contributed by atoms with E-state index in [2.05, 4.69) is 27.4 Å². The minimum Gasteiger partial charge on any atom is -0.352 e. The first-order chi connectivity index (χ1) is 11.6. The van der Waals surface area contributed by atoms with Crippen LogP contribution in [-0.4, -0.2) is 37.6 Å². The van der Waals surface area contributed by atoms with Crippen molar-refractivity contribution in [3.8, 4) is 11.4 Å². The number of nitrogens with two attached hydrogens (primary N) is 1. The Kier molecular flexibility index (Phi) is 5.34. The molecule has 3 N–H and O–H groups in total. The maximum absolute atomic E-state index is 12.2. The Morgan fingerprint density at radius 2 is 2.25 bits per heavy atom. The van der Waals surface area contributed by atoms with Crippen LogP contribution in [0.25, 0.3) is 11.4 Å². The van der Waals surface area contributed by atoms with Crippen LogP contribution in [0.15, 0.2) is 29.7 Å². The van der Waals surface area contributed by atoms with Crippen LogP contribution in [0, 0.1) is 5.92 Å². The lowest BCUT2D eigenvalue weighted by Gasteiger charge is -2.29. The average Bonchev–Trinajstić information content (AvgIpc) is 2.97. The molecule has 2 aromatic heterocycles. The fourth-order valence-corrected chi connectivity index (χ4v) is 3.64. The van der Waals surface area contributed by atoms with Gasteiger partial charge in [-0.25, -0.2) is 4.68 Å². The van der Waals surface area contributed by atoms with Gasteiger partial charge in [0.05, 0.1) is 5.75 Å². The van der Waals surface area contributed by atoms with Gasteiger partial charge in [-0.1, -0.05) is 31.5 Å². The fraction of sp³-hybridized carbons (Fsp3) is 0.500. The van der Waals surface area contributed by atoms with Gasteiger partial charge >= 0.3 is 0 Å². The van der Waals surface area contributed by atoms with E-state index in [4.69, 9.17) is 5.84 Å². The lowest BCUT2D eigenvalue weighted by molar-refractivity contribution is -0.119. The van der Waals surface area contributed by atoms with Crippen LogP contribution in [0.5, 0.6) is 0 Å². The second-order valence-electron chi connectivity index (χ2n) is 6.14. The molecule has 2 heterocycles. The van der Waals surface area contributed by atoms with Gasteiger partial charge in [0, 0.05) is 24.0 Å². The number of aromatic nitrogens is 4. The van der Waals surface area contributed by atoms with Crippen LogP contribution >= 0.6 is 11.8 Å². The Morgan fingerprint density at radius 1 is 1.42 bits per heavy atom. The number of amides is 1. The van der Waals surface area contributed by atoms with E-state index >= 15 is 0 Å². The lowest BCUT2D eigenvalue weighted by Crippen LogP contribution is -2.41. The van der Waals surface area contributed by atoms with Crippen molar-refractivity contribution in [2.24, 2.45) is 5.92 Å². The minimum absolute atomic E-state index is 0.0182. The number of carbonyl (C=O) groups excluding carboxylic acids is 1. The summed E-state index contributed by atoms with van der Waals surface area (Å²) < 4.78 is 1.40. The van der Waals surface area contributed by atoms with Crippen molar-refractivity contribution in [1.29, 1.82) is 0 Å². The van der Waals surface area contributed by atoms with E-state index in [1.54, 1.807) is 12.4 Å². The van der Waals surface area contributed by atoms with Crippen molar-refractivity contribution in [3.63, 3.8) is 0 Å². The number of carbonyl (C=O) groups is 1. The first-order valence-corrected chi connectivity index (χ1v) is 9.16. The number of nitrogens with zero attached hydrogens (tertiary/aromatic N) is 4. The number of hydrogen-bond donors (Lipinski definition) is 2. The quantitative estimate of drug-likeness (QED) is 0.633. The summed E-state index contributed by atoms with van der Waals surface area (Å²) in [5.41, 5.74) is 0.792. The van der Waals surface area contributed by atoms with Gasteiger partial charge in [-0.15, -0.1) is 10.2 Å². The van der Waals surface area contributed by atoms with E-state index < -0.39 is 0 Å². The van der Waals surface area contributed by atoms with E-state index in [0.29, 0.717) is 16.9 Å². The summed E-state index contributed by atoms with van der Waals surface area (Å²) in [4.78, 5) is 16.2. The molecule has 1 amide bonds. The molecule has 0 saturated heterocycles. The van der Waals surface area contributed by atoms with E-state index in [0.717, 1.165) is 12.0 Å². The largest absolute Gasteiger partial charge is 0.352 e. The molecular formula is C16H22N6OS. The van der Waals surface area contributed by atoms with Crippen LogP contribution in [0.4, 0.5) is 0 Å². The monoisotopic (exact) mass is 346 g/mol. The molecule has 7 nitrogen and oxygen atoms in total. The maximum Gasteiger partial charge on any atom is 0.230 e. The molecular weight excluding hydrogens is 324 g/mol. The molecule has 1 aliphatic carbocycles. The van der Waals surface area contributed by atoms with Crippen molar-refractivity contribution in [2.45, 2.75) is 43.8 Å². The third kappa shape index (κ3) is 3.87.